The average Bonchev–Trinajstić information content (AvgIpc) is 3.87. The highest BCUT2D eigenvalue weighted by Crippen LogP contribution is 2.42. The predicted octanol–water partition coefficient (Wildman–Crippen LogP) is 12.6. The summed E-state index contributed by atoms with van der Waals surface area (Å²) in [4.78, 5) is 11.3. The highest BCUT2D eigenvalue weighted by molar-refractivity contribution is 7.23. The van der Waals surface area contributed by atoms with Crippen LogP contribution in [0, 0.1) is 11.6 Å². The van der Waals surface area contributed by atoms with Crippen LogP contribution in [0.25, 0.3) is 94.2 Å². The molecule has 6 aromatic heterocycles. The third kappa shape index (κ3) is 4.33. The molecular formula is C36H16F2N2O2S4. The van der Waals surface area contributed by atoms with Gasteiger partial charge in [0.05, 0.1) is 30.2 Å². The van der Waals surface area contributed by atoms with Crippen molar-refractivity contribution in [2.45, 2.75) is 0 Å². The van der Waals surface area contributed by atoms with E-state index in [1.54, 1.807) is 34.8 Å². The summed E-state index contributed by atoms with van der Waals surface area (Å²) in [5.41, 5.74) is 1.52. The highest BCUT2D eigenvalue weighted by Gasteiger charge is 2.17. The molecule has 0 N–H and O–H groups in total. The largest absolute Gasteiger partial charge is 0.453 e. The van der Waals surface area contributed by atoms with Crippen molar-refractivity contribution in [1.82, 2.24) is 9.97 Å². The fraction of sp³-hybridized carbons (Fsp3) is 0. The maximum atomic E-state index is 13.7. The van der Waals surface area contributed by atoms with Crippen molar-refractivity contribution in [3.8, 4) is 42.8 Å². The van der Waals surface area contributed by atoms with Crippen LogP contribution in [0.5, 0.6) is 0 Å². The zero-order valence-electron chi connectivity index (χ0n) is 23.3. The van der Waals surface area contributed by atoms with Crippen LogP contribution < -0.4 is 0 Å². The van der Waals surface area contributed by atoms with E-state index in [0.29, 0.717) is 11.5 Å². The van der Waals surface area contributed by atoms with E-state index in [-0.39, 0.29) is 11.6 Å². The Morgan fingerprint density at radius 2 is 0.870 bits per heavy atom. The van der Waals surface area contributed by atoms with Crippen molar-refractivity contribution >= 4 is 96.7 Å². The number of hydrogen-bond acceptors (Lipinski definition) is 8. The normalized spacial score (nSPS) is 12.1. The van der Waals surface area contributed by atoms with E-state index < -0.39 is 0 Å². The number of halogens is 2. The summed E-state index contributed by atoms with van der Waals surface area (Å²) in [5.74, 6) is 2.38. The molecule has 0 spiro atoms. The molecule has 0 fully saturated rings. The van der Waals surface area contributed by atoms with Gasteiger partial charge in [-0.25, -0.2) is 18.7 Å². The number of thiazole rings is 2. The lowest BCUT2D eigenvalue weighted by Gasteiger charge is -1.99. The number of rotatable bonds is 4. The van der Waals surface area contributed by atoms with Gasteiger partial charge in [0.2, 0.25) is 0 Å². The van der Waals surface area contributed by atoms with E-state index in [9.17, 15) is 8.78 Å². The summed E-state index contributed by atoms with van der Waals surface area (Å²) in [6, 6.07) is 30.3. The number of aromatic nitrogens is 2. The first-order chi connectivity index (χ1) is 22.5. The van der Waals surface area contributed by atoms with Gasteiger partial charge in [-0.05, 0) is 119 Å². The molecule has 0 bridgehead atoms. The Hall–Kier alpha value is -4.74. The summed E-state index contributed by atoms with van der Waals surface area (Å²) >= 11 is 6.23. The summed E-state index contributed by atoms with van der Waals surface area (Å²) in [6.45, 7) is 0. The number of thiophene rings is 2. The SMILES string of the molecule is Fc1ccc2nc(-c3ccc(-c4cc5cc6cc7sc(-c8ccc(-c9nc%10ccc(F)cc%10s9)o8)cc7cc6cc5s4)o3)sc2c1. The molecule has 0 aliphatic heterocycles. The highest BCUT2D eigenvalue weighted by atomic mass is 32.1. The minimum absolute atomic E-state index is 0.270. The lowest BCUT2D eigenvalue weighted by atomic mass is 10.1. The minimum atomic E-state index is -0.270. The van der Waals surface area contributed by atoms with Crippen LogP contribution in [-0.2, 0) is 0 Å². The zero-order valence-corrected chi connectivity index (χ0v) is 26.6. The molecule has 0 saturated heterocycles. The van der Waals surface area contributed by atoms with E-state index >= 15 is 0 Å². The van der Waals surface area contributed by atoms with Crippen molar-refractivity contribution in [1.29, 1.82) is 0 Å². The quantitative estimate of drug-likeness (QED) is 0.186. The van der Waals surface area contributed by atoms with Gasteiger partial charge in [0, 0.05) is 9.40 Å². The summed E-state index contributed by atoms with van der Waals surface area (Å²) in [6.07, 6.45) is 0. The van der Waals surface area contributed by atoms with Crippen LogP contribution in [-0.4, -0.2) is 9.97 Å². The molecule has 46 heavy (non-hydrogen) atoms. The summed E-state index contributed by atoms with van der Waals surface area (Å²) in [5, 5.41) is 6.12. The van der Waals surface area contributed by atoms with Crippen molar-refractivity contribution < 1.29 is 17.6 Å². The van der Waals surface area contributed by atoms with Crippen molar-refractivity contribution in [2.75, 3.05) is 0 Å². The maximum Gasteiger partial charge on any atom is 0.163 e. The fourth-order valence-corrected chi connectivity index (χ4v) is 9.76. The molecule has 0 radical (unpaired) electrons. The van der Waals surface area contributed by atoms with Crippen molar-refractivity contribution in [3.05, 3.63) is 109 Å². The second kappa shape index (κ2) is 9.88. The van der Waals surface area contributed by atoms with Crippen molar-refractivity contribution in [3.63, 3.8) is 0 Å². The van der Waals surface area contributed by atoms with E-state index in [1.807, 2.05) is 24.3 Å². The Labute approximate surface area is 274 Å². The van der Waals surface area contributed by atoms with Crippen LogP contribution >= 0.6 is 45.3 Å². The molecule has 0 aliphatic rings. The van der Waals surface area contributed by atoms with Gasteiger partial charge < -0.3 is 8.83 Å². The lowest BCUT2D eigenvalue weighted by molar-refractivity contribution is 0.598. The third-order valence-corrected chi connectivity index (χ3v) is 12.2. The summed E-state index contributed by atoms with van der Waals surface area (Å²) in [7, 11) is 0. The Bertz CT molecular complexity index is 2560. The van der Waals surface area contributed by atoms with E-state index in [1.165, 1.54) is 67.1 Å². The Balaban J connectivity index is 0.968. The van der Waals surface area contributed by atoms with Gasteiger partial charge in [-0.1, -0.05) is 0 Å². The molecule has 10 heteroatoms. The molecule has 10 rings (SSSR count). The first-order valence-corrected chi connectivity index (χ1v) is 17.5. The van der Waals surface area contributed by atoms with Crippen LogP contribution in [0.2, 0.25) is 0 Å². The second-order valence-corrected chi connectivity index (χ2v) is 15.2. The third-order valence-electron chi connectivity index (χ3n) is 7.93. The maximum absolute atomic E-state index is 13.7. The molecular weight excluding hydrogens is 659 g/mol. The first-order valence-electron chi connectivity index (χ1n) is 14.2. The first kappa shape index (κ1) is 26.5. The molecule has 0 aliphatic carbocycles. The Morgan fingerprint density at radius 3 is 1.35 bits per heavy atom. The molecule has 220 valence electrons. The smallest absolute Gasteiger partial charge is 0.163 e. The van der Waals surface area contributed by atoms with E-state index in [4.69, 9.17) is 8.83 Å². The summed E-state index contributed by atoms with van der Waals surface area (Å²) < 4.78 is 43.8. The van der Waals surface area contributed by atoms with Gasteiger partial charge in [-0.3, -0.25) is 0 Å². The van der Waals surface area contributed by atoms with Crippen LogP contribution in [0.15, 0.2) is 106 Å². The second-order valence-electron chi connectivity index (χ2n) is 10.9. The van der Waals surface area contributed by atoms with Crippen LogP contribution in [0.1, 0.15) is 0 Å². The number of benzene rings is 4. The topological polar surface area (TPSA) is 52.1 Å². The molecule has 0 atom stereocenters. The monoisotopic (exact) mass is 674 g/mol. The van der Waals surface area contributed by atoms with Gasteiger partial charge >= 0.3 is 0 Å². The molecule has 0 saturated carbocycles. The molecule has 0 amide bonds. The van der Waals surface area contributed by atoms with Gasteiger partial charge in [0.1, 0.15) is 23.2 Å². The van der Waals surface area contributed by atoms with Gasteiger partial charge in [0.15, 0.2) is 21.5 Å². The standard InChI is InChI=1S/C36H16F2N2O2S4/c37-21-1-3-23-31(15-21)45-35(39-23)27-7-5-25(41-27)33-13-19-9-17-12-30-20(10-18(17)11-29(19)43-33)14-34(44-30)26-6-8-28(42-26)36-40-24-4-2-22(38)16-32(24)46-36/h1-16H. The number of fused-ring (bicyclic) bond motifs is 5. The number of hydrogen-bond donors (Lipinski definition) is 0. The van der Waals surface area contributed by atoms with E-state index in [2.05, 4.69) is 46.4 Å². The molecule has 10 aromatic rings. The van der Waals surface area contributed by atoms with Gasteiger partial charge in [-0.2, -0.15) is 0 Å². The average molecular weight is 675 g/mol. The van der Waals surface area contributed by atoms with Crippen molar-refractivity contribution in [2.24, 2.45) is 0 Å². The van der Waals surface area contributed by atoms with E-state index in [0.717, 1.165) is 62.5 Å². The Kier molecular flexibility index (Phi) is 5.69. The Morgan fingerprint density at radius 1 is 0.413 bits per heavy atom. The lowest BCUT2D eigenvalue weighted by Crippen LogP contribution is -1.72. The molecule has 0 unspecified atom stereocenters. The van der Waals surface area contributed by atoms with Crippen LogP contribution in [0.3, 0.4) is 0 Å². The minimum Gasteiger partial charge on any atom is -0.453 e. The zero-order chi connectivity index (χ0) is 30.5. The number of furan rings is 2. The number of nitrogens with zero attached hydrogens (tertiary/aromatic N) is 2. The van der Waals surface area contributed by atoms with Gasteiger partial charge in [-0.15, -0.1) is 45.3 Å². The molecule has 6 heterocycles. The fourth-order valence-electron chi connectivity index (χ4n) is 5.74. The predicted molar refractivity (Wildman–Crippen MR) is 187 cm³/mol. The molecule has 4 aromatic carbocycles. The van der Waals surface area contributed by atoms with Gasteiger partial charge in [0.25, 0.3) is 0 Å². The molecule has 4 nitrogen and oxygen atoms in total. The van der Waals surface area contributed by atoms with Crippen LogP contribution in [0.4, 0.5) is 8.78 Å².